The smallest absolute Gasteiger partial charge is 0.226 e. The highest BCUT2D eigenvalue weighted by Crippen LogP contribution is 2.18. The maximum atomic E-state index is 12.2. The van der Waals surface area contributed by atoms with Crippen molar-refractivity contribution in [3.8, 4) is 0 Å². The van der Waals surface area contributed by atoms with Crippen molar-refractivity contribution in [1.82, 2.24) is 9.88 Å². The van der Waals surface area contributed by atoms with Gasteiger partial charge in [0.2, 0.25) is 5.91 Å². The van der Waals surface area contributed by atoms with Crippen molar-refractivity contribution in [2.24, 2.45) is 0 Å². The van der Waals surface area contributed by atoms with E-state index in [-0.39, 0.29) is 10.7 Å². The fraction of sp³-hybridized carbons (Fsp3) is 0.739. The standard InChI is InChI=1S/C23H40BrN3O/c1-17(2)27(18(3)4)13-11-9-7-8-10-12-21(24)16-23(28)26-22-15-19(5)14-20(6)25-22/h14-15,17-18,21H,7-13,16H2,1-6H3,(H,25,26,28). The van der Waals surface area contributed by atoms with Crippen LogP contribution in [0.15, 0.2) is 12.1 Å². The van der Waals surface area contributed by atoms with Gasteiger partial charge in [-0.2, -0.15) is 0 Å². The quantitative estimate of drug-likeness (QED) is 0.283. The van der Waals surface area contributed by atoms with Crippen molar-refractivity contribution in [3.63, 3.8) is 0 Å². The summed E-state index contributed by atoms with van der Waals surface area (Å²) < 4.78 is 0. The third-order valence-electron chi connectivity index (χ3n) is 5.03. The number of hydrogen-bond acceptors (Lipinski definition) is 3. The van der Waals surface area contributed by atoms with Crippen molar-refractivity contribution < 1.29 is 4.79 Å². The lowest BCUT2D eigenvalue weighted by Crippen LogP contribution is -2.37. The zero-order chi connectivity index (χ0) is 21.1. The molecule has 0 aliphatic carbocycles. The molecule has 0 saturated carbocycles. The Bertz CT molecular complexity index is 561. The predicted molar refractivity (Wildman–Crippen MR) is 124 cm³/mol. The average Bonchev–Trinajstić information content (AvgIpc) is 2.55. The molecule has 160 valence electrons. The molecular weight excluding hydrogens is 414 g/mol. The summed E-state index contributed by atoms with van der Waals surface area (Å²) in [5.41, 5.74) is 2.04. The summed E-state index contributed by atoms with van der Waals surface area (Å²) in [6.45, 7) is 14.3. The molecule has 1 aromatic heterocycles. The Kier molecular flexibility index (Phi) is 11.9. The molecule has 28 heavy (non-hydrogen) atoms. The lowest BCUT2D eigenvalue weighted by Gasteiger charge is -2.30. The van der Waals surface area contributed by atoms with Gasteiger partial charge in [-0.15, -0.1) is 0 Å². The molecule has 1 aromatic rings. The fourth-order valence-electron chi connectivity index (χ4n) is 3.71. The predicted octanol–water partition coefficient (Wildman–Crippen LogP) is 6.25. The molecule has 4 nitrogen and oxygen atoms in total. The molecule has 1 atom stereocenters. The Hall–Kier alpha value is -0.940. The first-order valence-electron chi connectivity index (χ1n) is 10.8. The Labute approximate surface area is 181 Å². The molecule has 0 aromatic carbocycles. The van der Waals surface area contributed by atoms with E-state index in [1.807, 2.05) is 26.0 Å². The number of anilines is 1. The summed E-state index contributed by atoms with van der Waals surface area (Å²) in [5, 5.41) is 2.92. The van der Waals surface area contributed by atoms with Gasteiger partial charge in [-0.1, -0.05) is 41.6 Å². The van der Waals surface area contributed by atoms with Crippen molar-refractivity contribution >= 4 is 27.7 Å². The van der Waals surface area contributed by atoms with Crippen molar-refractivity contribution in [2.75, 3.05) is 11.9 Å². The molecule has 0 saturated heterocycles. The number of alkyl halides is 1. The molecule has 1 amide bonds. The molecule has 0 aliphatic heterocycles. The SMILES string of the molecule is Cc1cc(C)nc(NC(=O)CC(Br)CCCCCCCN(C(C)C)C(C)C)c1. The highest BCUT2D eigenvalue weighted by atomic mass is 79.9. The van der Waals surface area contributed by atoms with E-state index in [0.717, 1.165) is 17.7 Å². The van der Waals surface area contributed by atoms with Gasteiger partial charge in [0.1, 0.15) is 5.82 Å². The van der Waals surface area contributed by atoms with Crippen LogP contribution in [0.3, 0.4) is 0 Å². The molecule has 0 aliphatic rings. The van der Waals surface area contributed by atoms with E-state index in [2.05, 4.69) is 58.8 Å². The lowest BCUT2D eigenvalue weighted by atomic mass is 10.1. The first-order valence-corrected chi connectivity index (χ1v) is 11.8. The highest BCUT2D eigenvalue weighted by molar-refractivity contribution is 9.09. The van der Waals surface area contributed by atoms with Crippen molar-refractivity contribution in [1.29, 1.82) is 0 Å². The van der Waals surface area contributed by atoms with Crippen LogP contribution in [0.25, 0.3) is 0 Å². The summed E-state index contributed by atoms with van der Waals surface area (Å²) in [6.07, 6.45) is 7.79. The van der Waals surface area contributed by atoms with Crippen LogP contribution < -0.4 is 5.32 Å². The van der Waals surface area contributed by atoms with Crippen LogP contribution in [0.4, 0.5) is 5.82 Å². The van der Waals surface area contributed by atoms with E-state index >= 15 is 0 Å². The van der Waals surface area contributed by atoms with Gasteiger partial charge in [0.05, 0.1) is 0 Å². The highest BCUT2D eigenvalue weighted by Gasteiger charge is 2.13. The average molecular weight is 454 g/mol. The van der Waals surface area contributed by atoms with Crippen LogP contribution in [0.1, 0.15) is 83.9 Å². The number of unbranched alkanes of at least 4 members (excludes halogenated alkanes) is 4. The molecule has 1 rings (SSSR count). The summed E-state index contributed by atoms with van der Waals surface area (Å²) in [6, 6.07) is 5.17. The van der Waals surface area contributed by atoms with Crippen LogP contribution in [-0.4, -0.2) is 39.2 Å². The van der Waals surface area contributed by atoms with Gasteiger partial charge in [0, 0.05) is 29.0 Å². The van der Waals surface area contributed by atoms with E-state index in [4.69, 9.17) is 0 Å². The monoisotopic (exact) mass is 453 g/mol. The Morgan fingerprint density at radius 2 is 1.64 bits per heavy atom. The Balaban J connectivity index is 2.14. The van der Waals surface area contributed by atoms with Crippen LogP contribution in [-0.2, 0) is 4.79 Å². The third kappa shape index (κ3) is 10.6. The summed E-state index contributed by atoms with van der Waals surface area (Å²) in [4.78, 5) is 19.4. The van der Waals surface area contributed by atoms with E-state index in [9.17, 15) is 4.79 Å². The third-order valence-corrected chi connectivity index (χ3v) is 5.81. The molecule has 0 radical (unpaired) electrons. The lowest BCUT2D eigenvalue weighted by molar-refractivity contribution is -0.116. The number of hydrogen-bond donors (Lipinski definition) is 1. The van der Waals surface area contributed by atoms with Gasteiger partial charge in [0.25, 0.3) is 0 Å². The second kappa shape index (κ2) is 13.3. The topological polar surface area (TPSA) is 45.2 Å². The normalized spacial score (nSPS) is 12.8. The van der Waals surface area contributed by atoms with E-state index in [1.165, 1.54) is 38.6 Å². The number of carbonyl (C=O) groups is 1. The number of halogens is 1. The molecule has 1 N–H and O–H groups in total. The largest absolute Gasteiger partial charge is 0.311 e. The maximum absolute atomic E-state index is 12.2. The molecule has 1 unspecified atom stereocenters. The van der Waals surface area contributed by atoms with E-state index in [1.54, 1.807) is 0 Å². The van der Waals surface area contributed by atoms with Gasteiger partial charge in [-0.25, -0.2) is 4.98 Å². The zero-order valence-electron chi connectivity index (χ0n) is 18.7. The molecule has 5 heteroatoms. The number of pyridine rings is 1. The van der Waals surface area contributed by atoms with Gasteiger partial charge < -0.3 is 5.32 Å². The van der Waals surface area contributed by atoms with E-state index in [0.29, 0.717) is 24.3 Å². The first-order chi connectivity index (χ1) is 13.2. The molecular formula is C23H40BrN3O. The molecule has 0 spiro atoms. The molecule has 0 bridgehead atoms. The fourth-order valence-corrected chi connectivity index (χ4v) is 4.32. The number of aryl methyl sites for hydroxylation is 2. The minimum absolute atomic E-state index is 0.0295. The number of nitrogens with zero attached hydrogens (tertiary/aromatic N) is 2. The van der Waals surface area contributed by atoms with Crippen molar-refractivity contribution in [2.45, 2.75) is 103 Å². The number of aromatic nitrogens is 1. The summed E-state index contributed by atoms with van der Waals surface area (Å²) in [5.74, 6) is 0.681. The molecule has 1 heterocycles. The Morgan fingerprint density at radius 1 is 1.04 bits per heavy atom. The zero-order valence-corrected chi connectivity index (χ0v) is 20.3. The van der Waals surface area contributed by atoms with Gasteiger partial charge in [-0.3, -0.25) is 9.69 Å². The summed E-state index contributed by atoms with van der Waals surface area (Å²) in [7, 11) is 0. The minimum atomic E-state index is 0.0295. The van der Waals surface area contributed by atoms with E-state index < -0.39 is 0 Å². The van der Waals surface area contributed by atoms with Crippen molar-refractivity contribution in [3.05, 3.63) is 23.4 Å². The summed E-state index contributed by atoms with van der Waals surface area (Å²) >= 11 is 3.67. The molecule has 0 fully saturated rings. The number of rotatable bonds is 13. The number of amides is 1. The number of nitrogens with one attached hydrogen (secondary N) is 1. The van der Waals surface area contributed by atoms with Crippen LogP contribution in [0.5, 0.6) is 0 Å². The van der Waals surface area contributed by atoms with Gasteiger partial charge in [0.15, 0.2) is 0 Å². The van der Waals surface area contributed by atoms with Gasteiger partial charge >= 0.3 is 0 Å². The van der Waals surface area contributed by atoms with Crippen LogP contribution in [0.2, 0.25) is 0 Å². The minimum Gasteiger partial charge on any atom is -0.311 e. The second-order valence-electron chi connectivity index (χ2n) is 8.50. The first kappa shape index (κ1) is 25.1. The second-order valence-corrected chi connectivity index (χ2v) is 9.80. The maximum Gasteiger partial charge on any atom is 0.226 e. The Morgan fingerprint density at radius 3 is 2.25 bits per heavy atom. The van der Waals surface area contributed by atoms with Crippen LogP contribution >= 0.6 is 15.9 Å². The van der Waals surface area contributed by atoms with Gasteiger partial charge in [-0.05, 0) is 78.6 Å². The number of carbonyl (C=O) groups excluding carboxylic acids is 1. The van der Waals surface area contributed by atoms with Crippen LogP contribution in [0, 0.1) is 13.8 Å².